The number of Topliss-reactive ketones (excluding diaryl/α,β-unsaturated/α-hetero) is 1. The Balaban J connectivity index is 2.90. The number of hydrogen-bond donors (Lipinski definition) is 2. The molecule has 0 aliphatic carbocycles. The molecule has 2 N–H and O–H groups in total. The molecular weight excluding hydrogens is 274 g/mol. The molecule has 0 aliphatic heterocycles. The van der Waals surface area contributed by atoms with E-state index in [9.17, 15) is 9.59 Å². The number of nitrogens with one attached hydrogen (secondary N) is 1. The van der Waals surface area contributed by atoms with Crippen LogP contribution in [0.5, 0.6) is 11.5 Å². The van der Waals surface area contributed by atoms with Gasteiger partial charge >= 0.3 is 5.97 Å². The van der Waals surface area contributed by atoms with E-state index in [1.165, 1.54) is 14.2 Å². The van der Waals surface area contributed by atoms with Crippen LogP contribution in [0.3, 0.4) is 0 Å². The summed E-state index contributed by atoms with van der Waals surface area (Å²) < 4.78 is 10.3. The van der Waals surface area contributed by atoms with Crippen LogP contribution < -0.4 is 14.8 Å². The first-order valence-corrected chi connectivity index (χ1v) is 6.69. The standard InChI is InChI=1S/C15H21NO5/c1-5-11(15(18)19)16-9(2)14(17)10-6-7-12(20-3)13(8-10)21-4/h6-9,11,16H,5H2,1-4H3,(H,18,19). The fourth-order valence-corrected chi connectivity index (χ4v) is 1.98. The zero-order valence-corrected chi connectivity index (χ0v) is 12.7. The minimum Gasteiger partial charge on any atom is -0.493 e. The number of hydrogen-bond acceptors (Lipinski definition) is 5. The minimum absolute atomic E-state index is 0.198. The Morgan fingerprint density at radius 3 is 2.33 bits per heavy atom. The average molecular weight is 295 g/mol. The molecule has 0 bridgehead atoms. The third-order valence-corrected chi connectivity index (χ3v) is 3.22. The maximum Gasteiger partial charge on any atom is 0.320 e. The van der Waals surface area contributed by atoms with Crippen LogP contribution in [0.15, 0.2) is 18.2 Å². The van der Waals surface area contributed by atoms with Crippen molar-refractivity contribution in [2.75, 3.05) is 14.2 Å². The number of methoxy groups -OCH3 is 2. The highest BCUT2D eigenvalue weighted by Crippen LogP contribution is 2.28. The number of rotatable bonds is 8. The Morgan fingerprint density at radius 2 is 1.86 bits per heavy atom. The molecule has 6 nitrogen and oxygen atoms in total. The molecule has 0 radical (unpaired) electrons. The Bertz CT molecular complexity index is 515. The fourth-order valence-electron chi connectivity index (χ4n) is 1.98. The monoisotopic (exact) mass is 295 g/mol. The van der Waals surface area contributed by atoms with Crippen LogP contribution in [-0.4, -0.2) is 43.2 Å². The van der Waals surface area contributed by atoms with E-state index in [0.717, 1.165) is 0 Å². The zero-order chi connectivity index (χ0) is 16.0. The van der Waals surface area contributed by atoms with Gasteiger partial charge in [-0.25, -0.2) is 0 Å². The van der Waals surface area contributed by atoms with Crippen molar-refractivity contribution in [2.24, 2.45) is 0 Å². The van der Waals surface area contributed by atoms with Crippen molar-refractivity contribution in [3.8, 4) is 11.5 Å². The molecule has 6 heteroatoms. The lowest BCUT2D eigenvalue weighted by Gasteiger charge is -2.18. The lowest BCUT2D eigenvalue weighted by molar-refractivity contribution is -0.139. The van der Waals surface area contributed by atoms with E-state index in [-0.39, 0.29) is 5.78 Å². The summed E-state index contributed by atoms with van der Waals surface area (Å²) in [6.45, 7) is 3.39. The van der Waals surface area contributed by atoms with Crippen molar-refractivity contribution < 1.29 is 24.2 Å². The predicted molar refractivity (Wildman–Crippen MR) is 78.2 cm³/mol. The number of aliphatic carboxylic acids is 1. The van der Waals surface area contributed by atoms with E-state index in [1.54, 1.807) is 32.0 Å². The summed E-state index contributed by atoms with van der Waals surface area (Å²) in [7, 11) is 3.01. The molecule has 0 saturated heterocycles. The normalized spacial score (nSPS) is 13.3. The van der Waals surface area contributed by atoms with Gasteiger partial charge in [0.15, 0.2) is 17.3 Å². The lowest BCUT2D eigenvalue weighted by atomic mass is 10.0. The van der Waals surface area contributed by atoms with E-state index in [4.69, 9.17) is 14.6 Å². The Hall–Kier alpha value is -2.08. The molecule has 1 rings (SSSR count). The highest BCUT2D eigenvalue weighted by Gasteiger charge is 2.23. The predicted octanol–water partition coefficient (Wildman–Crippen LogP) is 1.73. The molecule has 0 saturated carbocycles. The Labute approximate surface area is 124 Å². The SMILES string of the molecule is CCC(NC(C)C(=O)c1ccc(OC)c(OC)c1)C(=O)O. The second-order valence-electron chi connectivity index (χ2n) is 4.62. The van der Waals surface area contributed by atoms with Gasteiger partial charge in [0.25, 0.3) is 0 Å². The molecule has 1 aromatic carbocycles. The van der Waals surface area contributed by atoms with Gasteiger partial charge < -0.3 is 14.6 Å². The second-order valence-corrected chi connectivity index (χ2v) is 4.62. The quantitative estimate of drug-likeness (QED) is 0.710. The van der Waals surface area contributed by atoms with E-state index in [1.807, 2.05) is 0 Å². The number of carbonyl (C=O) groups is 2. The molecule has 21 heavy (non-hydrogen) atoms. The van der Waals surface area contributed by atoms with Crippen LogP contribution in [0.1, 0.15) is 30.6 Å². The molecule has 0 heterocycles. The number of carbonyl (C=O) groups excluding carboxylic acids is 1. The molecule has 116 valence electrons. The highest BCUT2D eigenvalue weighted by molar-refractivity contribution is 6.00. The number of ketones is 1. The summed E-state index contributed by atoms with van der Waals surface area (Å²) in [5.74, 6) is -0.174. The first-order valence-electron chi connectivity index (χ1n) is 6.69. The van der Waals surface area contributed by atoms with Crippen molar-refractivity contribution in [2.45, 2.75) is 32.4 Å². The van der Waals surface area contributed by atoms with Crippen LogP contribution >= 0.6 is 0 Å². The Morgan fingerprint density at radius 1 is 1.24 bits per heavy atom. The van der Waals surface area contributed by atoms with E-state index in [2.05, 4.69) is 5.32 Å². The van der Waals surface area contributed by atoms with E-state index in [0.29, 0.717) is 23.5 Å². The molecule has 0 aliphatic rings. The van der Waals surface area contributed by atoms with Gasteiger partial charge in [0.05, 0.1) is 20.3 Å². The number of benzene rings is 1. The number of carboxylic acid groups (broad SMARTS) is 1. The molecule has 1 aromatic rings. The first-order chi connectivity index (χ1) is 9.94. The van der Waals surface area contributed by atoms with E-state index < -0.39 is 18.1 Å². The summed E-state index contributed by atoms with van der Waals surface area (Å²) in [4.78, 5) is 23.3. The van der Waals surface area contributed by atoms with Crippen molar-refractivity contribution >= 4 is 11.8 Å². The van der Waals surface area contributed by atoms with Gasteiger partial charge in [-0.05, 0) is 31.5 Å². The van der Waals surface area contributed by atoms with Gasteiger partial charge in [0.1, 0.15) is 6.04 Å². The van der Waals surface area contributed by atoms with Crippen molar-refractivity contribution in [1.29, 1.82) is 0 Å². The van der Waals surface area contributed by atoms with Gasteiger partial charge in [0.2, 0.25) is 0 Å². The fraction of sp³-hybridized carbons (Fsp3) is 0.467. The van der Waals surface area contributed by atoms with Gasteiger partial charge in [-0.15, -0.1) is 0 Å². The summed E-state index contributed by atoms with van der Waals surface area (Å²) in [5, 5.41) is 11.8. The number of ether oxygens (including phenoxy) is 2. The van der Waals surface area contributed by atoms with E-state index >= 15 is 0 Å². The molecule has 0 aromatic heterocycles. The van der Waals surface area contributed by atoms with Crippen molar-refractivity contribution in [3.05, 3.63) is 23.8 Å². The molecular formula is C15H21NO5. The van der Waals surface area contributed by atoms with Crippen LogP contribution in [0.2, 0.25) is 0 Å². The van der Waals surface area contributed by atoms with Crippen LogP contribution in [0, 0.1) is 0 Å². The third-order valence-electron chi connectivity index (χ3n) is 3.22. The molecule has 0 spiro atoms. The van der Waals surface area contributed by atoms with Crippen molar-refractivity contribution in [1.82, 2.24) is 5.32 Å². The summed E-state index contributed by atoms with van der Waals surface area (Å²) in [6, 6.07) is 3.51. The summed E-state index contributed by atoms with van der Waals surface area (Å²) in [5.41, 5.74) is 0.438. The lowest BCUT2D eigenvalue weighted by Crippen LogP contribution is -2.45. The third kappa shape index (κ3) is 4.19. The van der Waals surface area contributed by atoms with Gasteiger partial charge in [-0.2, -0.15) is 0 Å². The minimum atomic E-state index is -0.968. The zero-order valence-electron chi connectivity index (χ0n) is 12.7. The largest absolute Gasteiger partial charge is 0.493 e. The average Bonchev–Trinajstić information content (AvgIpc) is 2.50. The van der Waals surface area contributed by atoms with Crippen LogP contribution in [-0.2, 0) is 4.79 Å². The topological polar surface area (TPSA) is 84.9 Å². The van der Waals surface area contributed by atoms with Gasteiger partial charge in [0, 0.05) is 5.56 Å². The highest BCUT2D eigenvalue weighted by atomic mass is 16.5. The molecule has 2 unspecified atom stereocenters. The first kappa shape index (κ1) is 17.0. The smallest absolute Gasteiger partial charge is 0.320 e. The molecule has 0 amide bonds. The van der Waals surface area contributed by atoms with Gasteiger partial charge in [-0.3, -0.25) is 14.9 Å². The molecule has 0 fully saturated rings. The Kier molecular flexibility index (Phi) is 6.17. The van der Waals surface area contributed by atoms with Crippen LogP contribution in [0.4, 0.5) is 0 Å². The summed E-state index contributed by atoms with van der Waals surface area (Å²) >= 11 is 0. The number of carboxylic acids is 1. The van der Waals surface area contributed by atoms with Gasteiger partial charge in [-0.1, -0.05) is 6.92 Å². The molecule has 2 atom stereocenters. The summed E-state index contributed by atoms with van der Waals surface area (Å²) in [6.07, 6.45) is 0.402. The maximum absolute atomic E-state index is 12.3. The van der Waals surface area contributed by atoms with Crippen molar-refractivity contribution in [3.63, 3.8) is 0 Å². The second kappa shape index (κ2) is 7.64. The van der Waals surface area contributed by atoms with Crippen LogP contribution in [0.25, 0.3) is 0 Å². The maximum atomic E-state index is 12.3.